The molecule has 0 bridgehead atoms. The first-order valence-electron chi connectivity index (χ1n) is 9.80. The lowest BCUT2D eigenvalue weighted by Gasteiger charge is -2.14. The van der Waals surface area contributed by atoms with E-state index in [1.54, 1.807) is 39.5 Å². The molecule has 0 spiro atoms. The molecule has 0 aliphatic heterocycles. The van der Waals surface area contributed by atoms with Crippen molar-refractivity contribution < 1.29 is 14.2 Å². The number of methoxy groups -OCH3 is 3. The number of ether oxygens (including phenoxy) is 3. The van der Waals surface area contributed by atoms with Crippen molar-refractivity contribution in [1.29, 1.82) is 0 Å². The van der Waals surface area contributed by atoms with Crippen molar-refractivity contribution in [2.24, 2.45) is 0 Å². The molecule has 2 aromatic heterocycles. The zero-order valence-electron chi connectivity index (χ0n) is 17.4. The zero-order chi connectivity index (χ0) is 21.5. The van der Waals surface area contributed by atoms with E-state index in [0.717, 1.165) is 16.4 Å². The van der Waals surface area contributed by atoms with E-state index >= 15 is 0 Å². The van der Waals surface area contributed by atoms with E-state index in [0.29, 0.717) is 44.8 Å². The number of nitrogens with one attached hydrogen (secondary N) is 1. The van der Waals surface area contributed by atoms with Crippen LogP contribution in [0.25, 0.3) is 44.0 Å². The number of hydrogen-bond donors (Lipinski definition) is 1. The van der Waals surface area contributed by atoms with Crippen molar-refractivity contribution in [2.45, 2.75) is 0 Å². The van der Waals surface area contributed by atoms with Crippen LogP contribution in [0, 0.1) is 0 Å². The molecule has 0 saturated heterocycles. The molecule has 0 amide bonds. The first-order valence-corrected chi connectivity index (χ1v) is 9.80. The molecule has 2 heterocycles. The highest BCUT2D eigenvalue weighted by molar-refractivity contribution is 6.11. The summed E-state index contributed by atoms with van der Waals surface area (Å²) in [7, 11) is 4.66. The quantitative estimate of drug-likeness (QED) is 0.453. The van der Waals surface area contributed by atoms with Gasteiger partial charge in [0.15, 0.2) is 16.9 Å². The number of hydrogen-bond acceptors (Lipinski definition) is 5. The summed E-state index contributed by atoms with van der Waals surface area (Å²) in [4.78, 5) is 22.1. The van der Waals surface area contributed by atoms with Gasteiger partial charge >= 0.3 is 0 Å². The monoisotopic (exact) mass is 412 g/mol. The van der Waals surface area contributed by atoms with Gasteiger partial charge in [-0.3, -0.25) is 4.79 Å². The lowest BCUT2D eigenvalue weighted by atomic mass is 10.0. The van der Waals surface area contributed by atoms with Crippen molar-refractivity contribution in [3.05, 3.63) is 70.9 Å². The highest BCUT2D eigenvalue weighted by Gasteiger charge is 2.20. The van der Waals surface area contributed by atoms with Crippen LogP contribution in [0.5, 0.6) is 17.2 Å². The molecule has 6 heteroatoms. The molecule has 0 atom stereocenters. The van der Waals surface area contributed by atoms with Gasteiger partial charge in [0.1, 0.15) is 0 Å². The van der Waals surface area contributed by atoms with Gasteiger partial charge in [-0.05, 0) is 35.9 Å². The molecule has 0 fully saturated rings. The Hall–Kier alpha value is -4.06. The number of benzene rings is 3. The Kier molecular flexibility index (Phi) is 4.47. The van der Waals surface area contributed by atoms with Crippen LogP contribution in [0.4, 0.5) is 0 Å². The number of para-hydroxylation sites is 2. The third kappa shape index (κ3) is 2.87. The first-order chi connectivity index (χ1) is 15.2. The van der Waals surface area contributed by atoms with E-state index in [4.69, 9.17) is 19.2 Å². The third-order valence-electron chi connectivity index (χ3n) is 5.49. The second kappa shape index (κ2) is 7.32. The summed E-state index contributed by atoms with van der Waals surface area (Å²) in [5.74, 6) is 1.42. The van der Waals surface area contributed by atoms with Gasteiger partial charge in [0.2, 0.25) is 5.75 Å². The van der Waals surface area contributed by atoms with Crippen LogP contribution in [0.3, 0.4) is 0 Å². The molecule has 0 aliphatic rings. The van der Waals surface area contributed by atoms with Crippen molar-refractivity contribution in [3.63, 3.8) is 0 Å². The first kappa shape index (κ1) is 18.9. The smallest absolute Gasteiger partial charge is 0.203 e. The molecule has 154 valence electrons. The van der Waals surface area contributed by atoms with E-state index in [-0.39, 0.29) is 5.43 Å². The van der Waals surface area contributed by atoms with Gasteiger partial charge in [-0.2, -0.15) is 0 Å². The SMILES string of the molecule is COc1cc(-c2c(=O)c3ccccc3nc3c2[nH]c2ccccc23)cc(OC)c1OC. The Bertz CT molecular complexity index is 1500. The second-order valence-electron chi connectivity index (χ2n) is 7.14. The maximum absolute atomic E-state index is 13.8. The summed E-state index contributed by atoms with van der Waals surface area (Å²) in [6.07, 6.45) is 0. The normalized spacial score (nSPS) is 11.2. The highest BCUT2D eigenvalue weighted by atomic mass is 16.5. The van der Waals surface area contributed by atoms with Crippen LogP contribution < -0.4 is 19.6 Å². The largest absolute Gasteiger partial charge is 0.493 e. The van der Waals surface area contributed by atoms with Gasteiger partial charge in [0, 0.05) is 16.3 Å². The van der Waals surface area contributed by atoms with E-state index in [1.807, 2.05) is 42.5 Å². The maximum atomic E-state index is 13.8. The maximum Gasteiger partial charge on any atom is 0.203 e. The third-order valence-corrected chi connectivity index (χ3v) is 5.49. The molecule has 31 heavy (non-hydrogen) atoms. The summed E-state index contributed by atoms with van der Waals surface area (Å²) in [5.41, 5.74) is 3.97. The summed E-state index contributed by atoms with van der Waals surface area (Å²) >= 11 is 0. The predicted molar refractivity (Wildman–Crippen MR) is 122 cm³/mol. The Morgan fingerprint density at radius 1 is 0.806 bits per heavy atom. The molecule has 0 saturated carbocycles. The number of H-pyrrole nitrogens is 1. The summed E-state index contributed by atoms with van der Waals surface area (Å²) in [6, 6.07) is 18.9. The molecule has 5 rings (SSSR count). The molecule has 1 N–H and O–H groups in total. The zero-order valence-corrected chi connectivity index (χ0v) is 17.4. The summed E-state index contributed by atoms with van der Waals surface area (Å²) < 4.78 is 16.5. The van der Waals surface area contributed by atoms with Gasteiger partial charge in [0.05, 0.1) is 43.4 Å². The lowest BCUT2D eigenvalue weighted by molar-refractivity contribution is 0.324. The van der Waals surface area contributed by atoms with Gasteiger partial charge < -0.3 is 19.2 Å². The number of nitrogens with zero attached hydrogens (tertiary/aromatic N) is 1. The molecular formula is C25H20N2O4. The lowest BCUT2D eigenvalue weighted by Crippen LogP contribution is -2.04. The summed E-state index contributed by atoms with van der Waals surface area (Å²) in [6.45, 7) is 0. The van der Waals surface area contributed by atoms with Crippen molar-refractivity contribution >= 4 is 32.8 Å². The molecule has 0 radical (unpaired) electrons. The minimum atomic E-state index is -0.126. The minimum Gasteiger partial charge on any atom is -0.493 e. The van der Waals surface area contributed by atoms with Crippen molar-refractivity contribution in [2.75, 3.05) is 21.3 Å². The van der Waals surface area contributed by atoms with Crippen molar-refractivity contribution in [1.82, 2.24) is 9.97 Å². The van der Waals surface area contributed by atoms with E-state index < -0.39 is 0 Å². The van der Waals surface area contributed by atoms with E-state index in [2.05, 4.69) is 4.98 Å². The molecule has 6 nitrogen and oxygen atoms in total. The van der Waals surface area contributed by atoms with Gasteiger partial charge in [-0.25, -0.2) is 4.98 Å². The van der Waals surface area contributed by atoms with Crippen LogP contribution in [-0.4, -0.2) is 31.3 Å². The van der Waals surface area contributed by atoms with Crippen molar-refractivity contribution in [3.8, 4) is 28.4 Å². The number of aromatic amines is 1. The Labute approximate surface area is 178 Å². The molecule has 5 aromatic rings. The summed E-state index contributed by atoms with van der Waals surface area (Å²) in [5, 5.41) is 1.49. The Morgan fingerprint density at radius 2 is 1.45 bits per heavy atom. The standard InChI is InChI=1S/C25H20N2O4/c1-29-19-12-14(13-20(30-2)25(19)31-3)21-23-22(15-8-4-6-10-17(15)27-23)26-18-11-7-5-9-16(18)24(21)28/h4-13,27H,1-3H3. The highest BCUT2D eigenvalue weighted by Crippen LogP contribution is 2.42. The Morgan fingerprint density at radius 3 is 2.13 bits per heavy atom. The van der Waals surface area contributed by atoms with Crippen LogP contribution in [0.15, 0.2) is 65.5 Å². The Balaban J connectivity index is 2.01. The van der Waals surface area contributed by atoms with Crippen LogP contribution in [0.1, 0.15) is 0 Å². The topological polar surface area (TPSA) is 73.4 Å². The van der Waals surface area contributed by atoms with Crippen LogP contribution >= 0.6 is 0 Å². The fraction of sp³-hybridized carbons (Fsp3) is 0.120. The van der Waals surface area contributed by atoms with Gasteiger partial charge in [-0.15, -0.1) is 0 Å². The molecule has 0 aliphatic carbocycles. The molecule has 3 aromatic carbocycles. The van der Waals surface area contributed by atoms with E-state index in [1.165, 1.54) is 0 Å². The minimum absolute atomic E-state index is 0.126. The average Bonchev–Trinajstić information content (AvgIpc) is 3.10. The number of rotatable bonds is 4. The predicted octanol–water partition coefficient (Wildman–Crippen LogP) is 4.92. The average molecular weight is 412 g/mol. The van der Waals surface area contributed by atoms with Gasteiger partial charge in [-0.1, -0.05) is 30.3 Å². The van der Waals surface area contributed by atoms with Crippen LogP contribution in [-0.2, 0) is 0 Å². The fourth-order valence-corrected chi connectivity index (χ4v) is 4.06. The molecule has 0 unspecified atom stereocenters. The number of fused-ring (bicyclic) bond motifs is 4. The fourth-order valence-electron chi connectivity index (χ4n) is 4.06. The van der Waals surface area contributed by atoms with Crippen LogP contribution in [0.2, 0.25) is 0 Å². The molecular weight excluding hydrogens is 392 g/mol. The second-order valence-corrected chi connectivity index (χ2v) is 7.14. The number of aromatic nitrogens is 2. The van der Waals surface area contributed by atoms with Gasteiger partial charge in [0.25, 0.3) is 0 Å². The van der Waals surface area contributed by atoms with E-state index in [9.17, 15) is 4.79 Å².